The highest BCUT2D eigenvalue weighted by molar-refractivity contribution is 5.76. The highest BCUT2D eigenvalue weighted by Crippen LogP contribution is 2.02. The smallest absolute Gasteiger partial charge is 0.222 e. The average Bonchev–Trinajstić information content (AvgIpc) is 2.19. The maximum absolute atomic E-state index is 10.7. The van der Waals surface area contributed by atoms with Crippen molar-refractivity contribution < 1.29 is 9.53 Å². The number of carbonyl (C=O) groups is 1. The van der Waals surface area contributed by atoms with E-state index in [-0.39, 0.29) is 11.8 Å². The summed E-state index contributed by atoms with van der Waals surface area (Å²) < 4.78 is 5.34. The van der Waals surface area contributed by atoms with Gasteiger partial charge in [0.1, 0.15) is 0 Å². The van der Waals surface area contributed by atoms with E-state index in [0.29, 0.717) is 13.2 Å². The van der Waals surface area contributed by atoms with Crippen molar-refractivity contribution in [3.63, 3.8) is 0 Å². The van der Waals surface area contributed by atoms with Crippen LogP contribution in [0.15, 0.2) is 30.3 Å². The molecule has 0 aliphatic rings. The van der Waals surface area contributed by atoms with Gasteiger partial charge in [0.05, 0.1) is 19.1 Å². The molecule has 0 saturated carbocycles. The Kier molecular flexibility index (Phi) is 4.13. The number of amides is 1. The van der Waals surface area contributed by atoms with E-state index in [1.807, 2.05) is 30.3 Å². The summed E-state index contributed by atoms with van der Waals surface area (Å²) in [5.41, 5.74) is 6.20. The highest BCUT2D eigenvalue weighted by Gasteiger charge is 2.07. The SMILES string of the molecule is C[C@@H](COCc1ccccc1)C(N)=O. The molecular formula is C11H15NO2. The van der Waals surface area contributed by atoms with Crippen molar-refractivity contribution in [3.8, 4) is 0 Å². The van der Waals surface area contributed by atoms with Crippen LogP contribution in [0.3, 0.4) is 0 Å². The van der Waals surface area contributed by atoms with Crippen molar-refractivity contribution in [2.24, 2.45) is 11.7 Å². The van der Waals surface area contributed by atoms with Gasteiger partial charge in [-0.05, 0) is 5.56 Å². The fourth-order valence-electron chi connectivity index (χ4n) is 1.01. The fourth-order valence-corrected chi connectivity index (χ4v) is 1.01. The van der Waals surface area contributed by atoms with Crippen molar-refractivity contribution in [2.45, 2.75) is 13.5 Å². The van der Waals surface area contributed by atoms with E-state index in [1.165, 1.54) is 0 Å². The zero-order valence-corrected chi connectivity index (χ0v) is 8.27. The van der Waals surface area contributed by atoms with Crippen LogP contribution in [0.1, 0.15) is 12.5 Å². The van der Waals surface area contributed by atoms with E-state index >= 15 is 0 Å². The van der Waals surface area contributed by atoms with E-state index < -0.39 is 0 Å². The summed E-state index contributed by atoms with van der Waals surface area (Å²) in [4.78, 5) is 10.7. The minimum absolute atomic E-state index is 0.223. The van der Waals surface area contributed by atoms with Gasteiger partial charge in [-0.25, -0.2) is 0 Å². The molecule has 14 heavy (non-hydrogen) atoms. The van der Waals surface area contributed by atoms with Crippen LogP contribution in [0.4, 0.5) is 0 Å². The largest absolute Gasteiger partial charge is 0.376 e. The van der Waals surface area contributed by atoms with Crippen molar-refractivity contribution in [3.05, 3.63) is 35.9 Å². The molecule has 0 aliphatic carbocycles. The molecule has 1 rings (SSSR count). The summed E-state index contributed by atoms with van der Waals surface area (Å²) in [6.45, 7) is 2.66. The highest BCUT2D eigenvalue weighted by atomic mass is 16.5. The first-order valence-electron chi connectivity index (χ1n) is 4.61. The average molecular weight is 193 g/mol. The molecule has 1 atom stereocenters. The van der Waals surface area contributed by atoms with Gasteiger partial charge in [0.2, 0.25) is 5.91 Å². The van der Waals surface area contributed by atoms with Gasteiger partial charge < -0.3 is 10.5 Å². The summed E-state index contributed by atoms with van der Waals surface area (Å²) in [6.07, 6.45) is 0. The number of nitrogens with two attached hydrogens (primary N) is 1. The van der Waals surface area contributed by atoms with Gasteiger partial charge >= 0.3 is 0 Å². The molecule has 0 aliphatic heterocycles. The molecule has 1 aromatic carbocycles. The van der Waals surface area contributed by atoms with Gasteiger partial charge in [-0.1, -0.05) is 37.3 Å². The Morgan fingerprint density at radius 2 is 2.07 bits per heavy atom. The van der Waals surface area contributed by atoms with Crippen molar-refractivity contribution >= 4 is 5.91 Å². The van der Waals surface area contributed by atoms with Gasteiger partial charge in [0.15, 0.2) is 0 Å². The number of ether oxygens (including phenoxy) is 1. The maximum Gasteiger partial charge on any atom is 0.222 e. The third kappa shape index (κ3) is 3.58. The normalized spacial score (nSPS) is 12.4. The van der Waals surface area contributed by atoms with Crippen LogP contribution < -0.4 is 5.73 Å². The molecule has 3 nitrogen and oxygen atoms in total. The molecule has 0 unspecified atom stereocenters. The van der Waals surface area contributed by atoms with Gasteiger partial charge in [0, 0.05) is 0 Å². The Hall–Kier alpha value is -1.35. The molecule has 3 heteroatoms. The molecule has 0 fully saturated rings. The second-order valence-corrected chi connectivity index (χ2v) is 3.30. The Labute approximate surface area is 83.9 Å². The lowest BCUT2D eigenvalue weighted by Gasteiger charge is -2.07. The summed E-state index contributed by atoms with van der Waals surface area (Å²) in [5, 5.41) is 0. The number of primary amides is 1. The van der Waals surface area contributed by atoms with Crippen molar-refractivity contribution in [1.29, 1.82) is 0 Å². The quantitative estimate of drug-likeness (QED) is 0.766. The number of hydrogen-bond donors (Lipinski definition) is 1. The van der Waals surface area contributed by atoms with E-state index in [4.69, 9.17) is 10.5 Å². The predicted molar refractivity (Wildman–Crippen MR) is 54.5 cm³/mol. The Bertz CT molecular complexity index is 285. The second kappa shape index (κ2) is 5.40. The van der Waals surface area contributed by atoms with Crippen LogP contribution in [-0.2, 0) is 16.1 Å². The van der Waals surface area contributed by atoms with Gasteiger partial charge in [-0.2, -0.15) is 0 Å². The minimum Gasteiger partial charge on any atom is -0.376 e. The lowest BCUT2D eigenvalue weighted by molar-refractivity contribution is -0.123. The van der Waals surface area contributed by atoms with E-state index in [2.05, 4.69) is 0 Å². The lowest BCUT2D eigenvalue weighted by Crippen LogP contribution is -2.24. The van der Waals surface area contributed by atoms with Crippen molar-refractivity contribution in [1.82, 2.24) is 0 Å². The van der Waals surface area contributed by atoms with Crippen LogP contribution >= 0.6 is 0 Å². The Balaban J connectivity index is 2.26. The van der Waals surface area contributed by atoms with Gasteiger partial charge in [-0.15, -0.1) is 0 Å². The number of hydrogen-bond acceptors (Lipinski definition) is 2. The summed E-state index contributed by atoms with van der Waals surface area (Å²) >= 11 is 0. The molecule has 0 saturated heterocycles. The molecule has 1 amide bonds. The molecule has 0 bridgehead atoms. The monoisotopic (exact) mass is 193 g/mol. The van der Waals surface area contributed by atoms with Crippen LogP contribution in [0.25, 0.3) is 0 Å². The molecule has 0 radical (unpaired) electrons. The molecule has 0 spiro atoms. The predicted octanol–water partition coefficient (Wildman–Crippen LogP) is 1.32. The topological polar surface area (TPSA) is 52.3 Å². The lowest BCUT2D eigenvalue weighted by atomic mass is 10.2. The second-order valence-electron chi connectivity index (χ2n) is 3.30. The molecule has 0 heterocycles. The first kappa shape index (κ1) is 10.7. The minimum atomic E-state index is -0.321. The standard InChI is InChI=1S/C11H15NO2/c1-9(11(12)13)7-14-8-10-5-3-2-4-6-10/h2-6,9H,7-8H2,1H3,(H2,12,13)/t9-/m0/s1. The van der Waals surface area contributed by atoms with Crippen LogP contribution in [0.5, 0.6) is 0 Å². The van der Waals surface area contributed by atoms with Crippen LogP contribution in [0, 0.1) is 5.92 Å². The summed E-state index contributed by atoms with van der Waals surface area (Å²) in [6, 6.07) is 9.83. The van der Waals surface area contributed by atoms with E-state index in [0.717, 1.165) is 5.56 Å². The Morgan fingerprint density at radius 1 is 1.43 bits per heavy atom. The molecule has 1 aromatic rings. The molecular weight excluding hydrogens is 178 g/mol. The third-order valence-electron chi connectivity index (χ3n) is 1.97. The zero-order valence-electron chi connectivity index (χ0n) is 8.27. The first-order valence-corrected chi connectivity index (χ1v) is 4.61. The summed E-state index contributed by atoms with van der Waals surface area (Å²) in [7, 11) is 0. The first-order chi connectivity index (χ1) is 6.70. The Morgan fingerprint density at radius 3 is 2.64 bits per heavy atom. The zero-order chi connectivity index (χ0) is 10.4. The van der Waals surface area contributed by atoms with Crippen LogP contribution in [-0.4, -0.2) is 12.5 Å². The molecule has 0 aromatic heterocycles. The van der Waals surface area contributed by atoms with Crippen molar-refractivity contribution in [2.75, 3.05) is 6.61 Å². The molecule has 76 valence electrons. The van der Waals surface area contributed by atoms with Gasteiger partial charge in [0.25, 0.3) is 0 Å². The fraction of sp³-hybridized carbons (Fsp3) is 0.364. The van der Waals surface area contributed by atoms with Crippen LogP contribution in [0.2, 0.25) is 0 Å². The van der Waals surface area contributed by atoms with Gasteiger partial charge in [-0.3, -0.25) is 4.79 Å². The van der Waals surface area contributed by atoms with E-state index in [9.17, 15) is 4.79 Å². The van der Waals surface area contributed by atoms with E-state index in [1.54, 1.807) is 6.92 Å². The number of benzene rings is 1. The number of rotatable bonds is 5. The molecule has 2 N–H and O–H groups in total. The number of carbonyl (C=O) groups excluding carboxylic acids is 1. The third-order valence-corrected chi connectivity index (χ3v) is 1.97. The summed E-state index contributed by atoms with van der Waals surface area (Å²) in [5.74, 6) is -0.545. The maximum atomic E-state index is 10.7.